The average Bonchev–Trinajstić information content (AvgIpc) is 3.56. The summed E-state index contributed by atoms with van der Waals surface area (Å²) in [4.78, 5) is 46.2. The number of benzene rings is 1. The predicted octanol–water partition coefficient (Wildman–Crippen LogP) is 4.83. The molecule has 0 saturated carbocycles. The minimum atomic E-state index is -0.196. The lowest BCUT2D eigenvalue weighted by molar-refractivity contribution is -0.121. The zero-order valence-electron chi connectivity index (χ0n) is 19.9. The molecule has 11 heteroatoms. The summed E-state index contributed by atoms with van der Waals surface area (Å²) in [7, 11) is 0. The summed E-state index contributed by atoms with van der Waals surface area (Å²) in [5.41, 5.74) is 2.83. The number of nitrogens with one attached hydrogen (secondary N) is 2. The number of nitrogens with zero attached hydrogens (tertiary/aromatic N) is 3. The maximum Gasteiger partial charge on any atom is 0.272 e. The lowest BCUT2D eigenvalue weighted by Crippen LogP contribution is -2.24. The highest BCUT2D eigenvalue weighted by Gasteiger charge is 2.15. The standard InChI is InChI=1S/C25H27N5O3S3/c1-17-6-8-18(9-7-17)15-27-20(31)5-3-2-4-12-30-23(33)22-19(10-13-34-22)28-25(30)36-16-21(32)29-24-26-11-14-35-24/h6-11,13-14H,2-5,12,15-16H2,1H3,(H,27,31)(H,26,29,32). The normalized spacial score (nSPS) is 11.0. The molecule has 0 atom stereocenters. The second-order valence-corrected chi connectivity index (χ2v) is 11.0. The van der Waals surface area contributed by atoms with Crippen LogP contribution in [0.3, 0.4) is 0 Å². The number of carbonyl (C=O) groups is 2. The molecule has 0 bridgehead atoms. The Morgan fingerprint density at radius 2 is 1.86 bits per heavy atom. The molecule has 3 aromatic heterocycles. The molecule has 4 aromatic rings. The lowest BCUT2D eigenvalue weighted by atomic mass is 10.1. The van der Waals surface area contributed by atoms with Crippen molar-refractivity contribution >= 4 is 61.6 Å². The highest BCUT2D eigenvalue weighted by atomic mass is 32.2. The molecule has 0 spiro atoms. The highest BCUT2D eigenvalue weighted by Crippen LogP contribution is 2.22. The van der Waals surface area contributed by atoms with Crippen LogP contribution < -0.4 is 16.2 Å². The van der Waals surface area contributed by atoms with E-state index in [1.54, 1.807) is 16.1 Å². The molecule has 2 N–H and O–H groups in total. The third kappa shape index (κ3) is 7.25. The molecule has 0 aliphatic rings. The van der Waals surface area contributed by atoms with Gasteiger partial charge in [-0.2, -0.15) is 0 Å². The van der Waals surface area contributed by atoms with Crippen molar-refractivity contribution in [2.75, 3.05) is 11.1 Å². The quantitative estimate of drug-likeness (QED) is 0.151. The van der Waals surface area contributed by atoms with E-state index in [1.165, 1.54) is 40.0 Å². The van der Waals surface area contributed by atoms with Gasteiger partial charge < -0.3 is 10.6 Å². The molecule has 1 aromatic carbocycles. The Kier molecular flexibility index (Phi) is 9.26. The Morgan fingerprint density at radius 1 is 1.03 bits per heavy atom. The minimum absolute atomic E-state index is 0.0249. The average molecular weight is 542 g/mol. The Hall–Kier alpha value is -3.02. The number of thiazole rings is 1. The van der Waals surface area contributed by atoms with Gasteiger partial charge >= 0.3 is 0 Å². The predicted molar refractivity (Wildman–Crippen MR) is 147 cm³/mol. The molecule has 0 aliphatic carbocycles. The molecular formula is C25H27N5O3S3. The van der Waals surface area contributed by atoms with E-state index in [9.17, 15) is 14.4 Å². The zero-order valence-corrected chi connectivity index (χ0v) is 22.3. The van der Waals surface area contributed by atoms with E-state index in [2.05, 4.69) is 20.6 Å². The van der Waals surface area contributed by atoms with Gasteiger partial charge in [0.05, 0.1) is 11.3 Å². The van der Waals surface area contributed by atoms with Crippen molar-refractivity contribution in [2.45, 2.75) is 50.9 Å². The topological polar surface area (TPSA) is 106 Å². The monoisotopic (exact) mass is 541 g/mol. The van der Waals surface area contributed by atoms with E-state index in [4.69, 9.17) is 0 Å². The first-order valence-corrected chi connectivity index (χ1v) is 14.4. The van der Waals surface area contributed by atoms with Gasteiger partial charge in [0.15, 0.2) is 10.3 Å². The van der Waals surface area contributed by atoms with Crippen molar-refractivity contribution < 1.29 is 9.59 Å². The summed E-state index contributed by atoms with van der Waals surface area (Å²) in [5, 5.41) is 10.4. The summed E-state index contributed by atoms with van der Waals surface area (Å²) in [6.07, 6.45) is 4.36. The number of anilines is 1. The molecule has 36 heavy (non-hydrogen) atoms. The SMILES string of the molecule is Cc1ccc(CNC(=O)CCCCCn2c(SCC(=O)Nc3nccs3)nc3ccsc3c2=O)cc1. The first kappa shape index (κ1) is 26.1. The number of thiophene rings is 1. The van der Waals surface area contributed by atoms with Gasteiger partial charge in [-0.25, -0.2) is 9.97 Å². The molecule has 8 nitrogen and oxygen atoms in total. The van der Waals surface area contributed by atoms with E-state index >= 15 is 0 Å². The van der Waals surface area contributed by atoms with Crippen LogP contribution in [-0.4, -0.2) is 32.1 Å². The fourth-order valence-electron chi connectivity index (χ4n) is 3.53. The summed E-state index contributed by atoms with van der Waals surface area (Å²) in [5.74, 6) is -0.0438. The maximum absolute atomic E-state index is 13.1. The lowest BCUT2D eigenvalue weighted by Gasteiger charge is -2.12. The molecule has 2 amide bonds. The number of thioether (sulfide) groups is 1. The second kappa shape index (κ2) is 12.8. The zero-order chi connectivity index (χ0) is 25.3. The molecule has 4 rings (SSSR count). The van der Waals surface area contributed by atoms with Crippen LogP contribution in [0.25, 0.3) is 10.2 Å². The van der Waals surface area contributed by atoms with Crippen molar-refractivity contribution in [3.63, 3.8) is 0 Å². The smallest absolute Gasteiger partial charge is 0.272 e. The summed E-state index contributed by atoms with van der Waals surface area (Å²) in [6.45, 7) is 3.05. The number of aromatic nitrogens is 3. The van der Waals surface area contributed by atoms with Crippen LogP contribution in [0.15, 0.2) is 57.2 Å². The number of rotatable bonds is 12. The number of carbonyl (C=O) groups excluding carboxylic acids is 2. The third-order valence-electron chi connectivity index (χ3n) is 5.44. The van der Waals surface area contributed by atoms with Crippen LogP contribution >= 0.6 is 34.4 Å². The van der Waals surface area contributed by atoms with E-state index in [1.807, 2.05) is 42.6 Å². The van der Waals surface area contributed by atoms with E-state index < -0.39 is 0 Å². The van der Waals surface area contributed by atoms with Crippen molar-refractivity contribution in [1.82, 2.24) is 19.9 Å². The van der Waals surface area contributed by atoms with Crippen molar-refractivity contribution in [2.24, 2.45) is 0 Å². The van der Waals surface area contributed by atoms with Crippen LogP contribution in [-0.2, 0) is 22.7 Å². The van der Waals surface area contributed by atoms with E-state index in [0.29, 0.717) is 40.0 Å². The molecule has 0 saturated heterocycles. The number of hydrogen-bond acceptors (Lipinski definition) is 8. The molecule has 188 valence electrons. The number of fused-ring (bicyclic) bond motifs is 1. The van der Waals surface area contributed by atoms with Crippen LogP contribution in [0.2, 0.25) is 0 Å². The van der Waals surface area contributed by atoms with E-state index in [-0.39, 0.29) is 23.1 Å². The molecule has 0 radical (unpaired) electrons. The fourth-order valence-corrected chi connectivity index (χ4v) is 5.68. The van der Waals surface area contributed by atoms with Gasteiger partial charge in [0, 0.05) is 31.1 Å². The van der Waals surface area contributed by atoms with Crippen LogP contribution in [0.5, 0.6) is 0 Å². The van der Waals surface area contributed by atoms with Gasteiger partial charge in [-0.15, -0.1) is 22.7 Å². The molecule has 0 unspecified atom stereocenters. The highest BCUT2D eigenvalue weighted by molar-refractivity contribution is 7.99. The van der Waals surface area contributed by atoms with Gasteiger partial charge in [0.1, 0.15) is 4.70 Å². The Labute approximate surface area is 221 Å². The molecule has 3 heterocycles. The molecule has 0 aliphatic heterocycles. The van der Waals surface area contributed by atoms with Crippen molar-refractivity contribution in [3.05, 3.63) is 68.8 Å². The third-order valence-corrected chi connectivity index (χ3v) is 7.99. The van der Waals surface area contributed by atoms with Crippen LogP contribution in [0.1, 0.15) is 36.8 Å². The minimum Gasteiger partial charge on any atom is -0.352 e. The fraction of sp³-hybridized carbons (Fsp3) is 0.320. The Morgan fingerprint density at radius 3 is 2.64 bits per heavy atom. The van der Waals surface area contributed by atoms with Gasteiger partial charge in [0.2, 0.25) is 11.8 Å². The molecule has 0 fully saturated rings. The van der Waals surface area contributed by atoms with Crippen molar-refractivity contribution in [1.29, 1.82) is 0 Å². The van der Waals surface area contributed by atoms with Gasteiger partial charge in [-0.05, 0) is 36.8 Å². The largest absolute Gasteiger partial charge is 0.352 e. The first-order valence-electron chi connectivity index (χ1n) is 11.6. The number of amides is 2. The Balaban J connectivity index is 1.27. The maximum atomic E-state index is 13.1. The summed E-state index contributed by atoms with van der Waals surface area (Å²) >= 11 is 3.96. The first-order chi connectivity index (χ1) is 17.5. The second-order valence-electron chi connectivity index (χ2n) is 8.23. The van der Waals surface area contributed by atoms with E-state index in [0.717, 1.165) is 24.8 Å². The number of unbranched alkanes of at least 4 members (excludes halogenated alkanes) is 2. The van der Waals surface area contributed by atoms with Crippen molar-refractivity contribution in [3.8, 4) is 0 Å². The molecular weight excluding hydrogens is 515 g/mol. The Bertz CT molecular complexity index is 1360. The number of aryl methyl sites for hydroxylation is 1. The van der Waals surface area contributed by atoms with Gasteiger partial charge in [-0.1, -0.05) is 48.0 Å². The van der Waals surface area contributed by atoms with Crippen LogP contribution in [0.4, 0.5) is 5.13 Å². The summed E-state index contributed by atoms with van der Waals surface area (Å²) in [6, 6.07) is 9.92. The number of hydrogen-bond donors (Lipinski definition) is 2. The summed E-state index contributed by atoms with van der Waals surface area (Å²) < 4.78 is 2.26. The van der Waals surface area contributed by atoms with Gasteiger partial charge in [-0.3, -0.25) is 19.0 Å². The van der Waals surface area contributed by atoms with Crippen LogP contribution in [0, 0.1) is 6.92 Å². The van der Waals surface area contributed by atoms with Gasteiger partial charge in [0.25, 0.3) is 5.56 Å².